The van der Waals surface area contributed by atoms with Crippen molar-refractivity contribution in [2.45, 2.75) is 39.5 Å². The Bertz CT molecular complexity index is 654. The Morgan fingerprint density at radius 1 is 0.955 bits per heavy atom. The average molecular weight is 298 g/mol. The molecule has 0 atom stereocenters. The molecule has 0 aliphatic rings. The zero-order valence-corrected chi connectivity index (χ0v) is 13.1. The van der Waals surface area contributed by atoms with Gasteiger partial charge in [0.05, 0.1) is 0 Å². The van der Waals surface area contributed by atoms with Crippen molar-refractivity contribution >= 4 is 5.69 Å². The molecule has 0 saturated heterocycles. The normalized spacial score (nSPS) is 10.5. The lowest BCUT2D eigenvalue weighted by Gasteiger charge is -2.12. The van der Waals surface area contributed by atoms with Gasteiger partial charge in [-0.25, -0.2) is 0 Å². The van der Waals surface area contributed by atoms with Crippen LogP contribution in [0.1, 0.15) is 37.8 Å². The van der Waals surface area contributed by atoms with Gasteiger partial charge in [0.25, 0.3) is 0 Å². The molecule has 2 rings (SSSR count). The Kier molecular flexibility index (Phi) is 5.67. The summed E-state index contributed by atoms with van der Waals surface area (Å²) in [4.78, 5) is 16.1. The van der Waals surface area contributed by atoms with Crippen LogP contribution in [0.25, 0.3) is 11.1 Å². The summed E-state index contributed by atoms with van der Waals surface area (Å²) in [6.07, 6.45) is 4.02. The quantitative estimate of drug-likeness (QED) is 0.583. The predicted molar refractivity (Wildman–Crippen MR) is 90.1 cm³/mol. The number of hydrogen-bond acceptors (Lipinski definition) is 4. The van der Waals surface area contributed by atoms with E-state index in [1.807, 2.05) is 30.3 Å². The first-order valence-electron chi connectivity index (χ1n) is 7.69. The Labute approximate surface area is 131 Å². The molecule has 0 unspecified atom stereocenters. The van der Waals surface area contributed by atoms with E-state index in [0.717, 1.165) is 36.8 Å². The van der Waals surface area contributed by atoms with Crippen molar-refractivity contribution in [2.24, 2.45) is 11.1 Å². The van der Waals surface area contributed by atoms with E-state index in [1.165, 1.54) is 11.1 Å². The molecule has 0 radical (unpaired) electrons. The highest BCUT2D eigenvalue weighted by Crippen LogP contribution is 2.38. The van der Waals surface area contributed by atoms with Gasteiger partial charge in [-0.2, -0.15) is 5.90 Å². The lowest BCUT2D eigenvalue weighted by Crippen LogP contribution is -2.04. The average Bonchev–Trinajstić information content (AvgIpc) is 2.55. The molecule has 2 aromatic rings. The van der Waals surface area contributed by atoms with Crippen LogP contribution in [-0.2, 0) is 12.8 Å². The molecule has 0 aliphatic carbocycles. The summed E-state index contributed by atoms with van der Waals surface area (Å²) in [7, 11) is 0. The molecule has 0 bridgehead atoms. The second kappa shape index (κ2) is 7.71. The van der Waals surface area contributed by atoms with Crippen LogP contribution in [0, 0.1) is 4.91 Å². The van der Waals surface area contributed by atoms with E-state index in [1.54, 1.807) is 6.07 Å². The van der Waals surface area contributed by atoms with Crippen molar-refractivity contribution in [2.75, 3.05) is 0 Å². The maximum absolute atomic E-state index is 11.2. The Hall–Kier alpha value is -2.20. The van der Waals surface area contributed by atoms with E-state index in [9.17, 15) is 4.91 Å². The third-order valence-corrected chi connectivity index (χ3v) is 3.70. The third-order valence-electron chi connectivity index (χ3n) is 3.70. The van der Waals surface area contributed by atoms with E-state index in [2.05, 4.69) is 19.0 Å². The van der Waals surface area contributed by atoms with Crippen molar-refractivity contribution in [3.63, 3.8) is 0 Å². The molecule has 4 heteroatoms. The van der Waals surface area contributed by atoms with Gasteiger partial charge in [-0.05, 0) is 53.4 Å². The number of nitrogens with zero attached hydrogens (tertiary/aromatic N) is 1. The van der Waals surface area contributed by atoms with Gasteiger partial charge in [-0.3, -0.25) is 0 Å². The molecule has 0 amide bonds. The first-order valence-corrected chi connectivity index (χ1v) is 7.69. The van der Waals surface area contributed by atoms with Gasteiger partial charge < -0.3 is 4.84 Å². The molecular weight excluding hydrogens is 276 g/mol. The maximum Gasteiger partial charge on any atom is 0.154 e. The van der Waals surface area contributed by atoms with Gasteiger partial charge in [0.2, 0.25) is 0 Å². The van der Waals surface area contributed by atoms with Gasteiger partial charge in [-0.1, -0.05) is 38.8 Å². The van der Waals surface area contributed by atoms with Crippen LogP contribution < -0.4 is 10.7 Å². The summed E-state index contributed by atoms with van der Waals surface area (Å²) in [6, 6.07) is 11.6. The molecule has 116 valence electrons. The number of nitroso groups, excluding NO2 is 1. The number of rotatable bonds is 7. The third kappa shape index (κ3) is 3.52. The fourth-order valence-electron chi connectivity index (χ4n) is 2.66. The number of hydrogen-bond donors (Lipinski definition) is 1. The lowest BCUT2D eigenvalue weighted by molar-refractivity contribution is 0.336. The summed E-state index contributed by atoms with van der Waals surface area (Å²) in [5.74, 6) is 5.95. The van der Waals surface area contributed by atoms with Gasteiger partial charge in [-0.15, -0.1) is 4.91 Å². The fraction of sp³-hybridized carbons (Fsp3) is 0.333. The minimum atomic E-state index is 0.409. The Morgan fingerprint density at radius 3 is 2.09 bits per heavy atom. The van der Waals surface area contributed by atoms with E-state index in [0.29, 0.717) is 11.4 Å². The topological polar surface area (TPSA) is 64.7 Å². The van der Waals surface area contributed by atoms with E-state index in [4.69, 9.17) is 10.7 Å². The van der Waals surface area contributed by atoms with Crippen molar-refractivity contribution in [3.8, 4) is 16.9 Å². The second-order valence-electron chi connectivity index (χ2n) is 5.39. The van der Waals surface area contributed by atoms with Gasteiger partial charge in [0, 0.05) is 11.1 Å². The van der Waals surface area contributed by atoms with Crippen LogP contribution in [0.15, 0.2) is 41.6 Å². The van der Waals surface area contributed by atoms with Gasteiger partial charge in [0.15, 0.2) is 5.75 Å². The molecule has 4 nitrogen and oxygen atoms in total. The summed E-state index contributed by atoms with van der Waals surface area (Å²) in [5.41, 5.74) is 4.37. The largest absolute Gasteiger partial charge is 0.411 e. The monoisotopic (exact) mass is 298 g/mol. The van der Waals surface area contributed by atoms with Crippen molar-refractivity contribution in [3.05, 3.63) is 52.4 Å². The molecule has 2 N–H and O–H groups in total. The number of nitrogens with two attached hydrogens (primary N) is 1. The summed E-state index contributed by atoms with van der Waals surface area (Å²) >= 11 is 0. The number of aryl methyl sites for hydroxylation is 2. The molecule has 2 aromatic carbocycles. The summed E-state index contributed by atoms with van der Waals surface area (Å²) in [5, 5.41) is 3.15. The van der Waals surface area contributed by atoms with Crippen LogP contribution in [0.3, 0.4) is 0 Å². The molecular formula is C18H22N2O2. The second-order valence-corrected chi connectivity index (χ2v) is 5.39. The van der Waals surface area contributed by atoms with Gasteiger partial charge in [0.1, 0.15) is 5.69 Å². The highest BCUT2D eigenvalue weighted by atomic mass is 16.6. The smallest absolute Gasteiger partial charge is 0.154 e. The molecule has 0 aliphatic heterocycles. The lowest BCUT2D eigenvalue weighted by atomic mass is 9.96. The SMILES string of the molecule is CCCc1ccc(N=O)c(-c2cc(CCC)ccc2ON)c1. The zero-order valence-electron chi connectivity index (χ0n) is 13.1. The number of benzene rings is 2. The highest BCUT2D eigenvalue weighted by Gasteiger charge is 2.13. The van der Waals surface area contributed by atoms with Crippen LogP contribution in [0.4, 0.5) is 5.69 Å². The minimum Gasteiger partial charge on any atom is -0.411 e. The molecule has 0 saturated carbocycles. The standard InChI is InChI=1S/C18H22N2O2/c1-3-5-13-7-9-17(20-21)15(11-13)16-12-14(6-4-2)8-10-18(16)22-19/h7-12H,3-6,19H2,1-2H3. The predicted octanol–water partition coefficient (Wildman–Crippen LogP) is 4.91. The van der Waals surface area contributed by atoms with E-state index >= 15 is 0 Å². The van der Waals surface area contributed by atoms with E-state index in [-0.39, 0.29) is 0 Å². The fourth-order valence-corrected chi connectivity index (χ4v) is 2.66. The Balaban J connectivity index is 2.59. The highest BCUT2D eigenvalue weighted by molar-refractivity contribution is 5.81. The van der Waals surface area contributed by atoms with Crippen molar-refractivity contribution in [1.82, 2.24) is 0 Å². The first-order chi connectivity index (χ1) is 10.7. The molecule has 0 fully saturated rings. The van der Waals surface area contributed by atoms with Crippen LogP contribution >= 0.6 is 0 Å². The Morgan fingerprint density at radius 2 is 1.55 bits per heavy atom. The van der Waals surface area contributed by atoms with Crippen molar-refractivity contribution < 1.29 is 4.84 Å². The summed E-state index contributed by atoms with van der Waals surface area (Å²) < 4.78 is 0. The molecule has 0 aromatic heterocycles. The van der Waals surface area contributed by atoms with Crippen LogP contribution in [0.2, 0.25) is 0 Å². The van der Waals surface area contributed by atoms with E-state index < -0.39 is 0 Å². The molecule has 0 spiro atoms. The minimum absolute atomic E-state index is 0.409. The summed E-state index contributed by atoms with van der Waals surface area (Å²) in [6.45, 7) is 4.26. The van der Waals surface area contributed by atoms with Crippen LogP contribution in [-0.4, -0.2) is 0 Å². The maximum atomic E-state index is 11.2. The molecule has 0 heterocycles. The molecule has 22 heavy (non-hydrogen) atoms. The zero-order chi connectivity index (χ0) is 15.9. The van der Waals surface area contributed by atoms with Crippen LogP contribution in [0.5, 0.6) is 5.75 Å². The van der Waals surface area contributed by atoms with Crippen molar-refractivity contribution in [1.29, 1.82) is 0 Å². The van der Waals surface area contributed by atoms with Gasteiger partial charge >= 0.3 is 0 Å². The first kappa shape index (κ1) is 16.2.